The Bertz CT molecular complexity index is 885. The quantitative estimate of drug-likeness (QED) is 0.535. The van der Waals surface area contributed by atoms with Gasteiger partial charge in [-0.1, -0.05) is 48.9 Å². The van der Waals surface area contributed by atoms with E-state index in [0.717, 1.165) is 0 Å². The molecule has 0 spiro atoms. The van der Waals surface area contributed by atoms with Crippen molar-refractivity contribution >= 4 is 28.9 Å². The lowest BCUT2D eigenvalue weighted by molar-refractivity contribution is -0.384. The molecule has 2 unspecified atom stereocenters. The smallest absolute Gasteiger partial charge is 0.294 e. The fraction of sp³-hybridized carbons (Fsp3) is 0.409. The molecule has 0 radical (unpaired) electrons. The number of halogens is 1. The summed E-state index contributed by atoms with van der Waals surface area (Å²) in [4.78, 5) is 27.7. The molecule has 2 atom stereocenters. The highest BCUT2D eigenvalue weighted by atomic mass is 35.5. The van der Waals surface area contributed by atoms with E-state index in [4.69, 9.17) is 11.6 Å². The molecule has 3 rings (SSSR count). The van der Waals surface area contributed by atoms with Gasteiger partial charge in [-0.15, -0.1) is 0 Å². The maximum absolute atomic E-state index is 12.6. The fourth-order valence-electron chi connectivity index (χ4n) is 3.73. The Morgan fingerprint density at radius 3 is 2.43 bits per heavy atom. The van der Waals surface area contributed by atoms with E-state index in [0.29, 0.717) is 43.4 Å². The highest BCUT2D eigenvalue weighted by molar-refractivity contribution is 6.30. The first-order chi connectivity index (χ1) is 14.4. The SMILES string of the molecule is CC(CNC(=O)C(C)N1CCN(c2ccc(Cl)cc2[N+](=O)[O-])CC1)c1ccccc1. The van der Waals surface area contributed by atoms with Gasteiger partial charge in [0.2, 0.25) is 5.91 Å². The van der Waals surface area contributed by atoms with E-state index in [2.05, 4.69) is 29.3 Å². The highest BCUT2D eigenvalue weighted by Crippen LogP contribution is 2.31. The topological polar surface area (TPSA) is 78.7 Å². The summed E-state index contributed by atoms with van der Waals surface area (Å²) in [5.74, 6) is 0.244. The van der Waals surface area contributed by atoms with Crippen LogP contribution in [0.25, 0.3) is 0 Å². The second-order valence-electron chi connectivity index (χ2n) is 7.65. The van der Waals surface area contributed by atoms with Gasteiger partial charge in [-0.2, -0.15) is 0 Å². The molecule has 160 valence electrons. The van der Waals surface area contributed by atoms with Gasteiger partial charge in [-0.05, 0) is 30.5 Å². The third-order valence-corrected chi connectivity index (χ3v) is 5.90. The van der Waals surface area contributed by atoms with Crippen LogP contribution in [0.15, 0.2) is 48.5 Å². The molecular weight excluding hydrogens is 404 g/mol. The molecule has 30 heavy (non-hydrogen) atoms. The summed E-state index contributed by atoms with van der Waals surface area (Å²) in [5.41, 5.74) is 1.78. The van der Waals surface area contributed by atoms with Gasteiger partial charge < -0.3 is 10.2 Å². The Morgan fingerprint density at radius 1 is 1.13 bits per heavy atom. The van der Waals surface area contributed by atoms with Gasteiger partial charge in [0.1, 0.15) is 5.69 Å². The summed E-state index contributed by atoms with van der Waals surface area (Å²) in [6.45, 7) is 7.12. The zero-order valence-electron chi connectivity index (χ0n) is 17.3. The molecule has 0 aliphatic carbocycles. The van der Waals surface area contributed by atoms with Crippen molar-refractivity contribution in [2.45, 2.75) is 25.8 Å². The number of hydrogen-bond acceptors (Lipinski definition) is 5. The Hall–Kier alpha value is -2.64. The standard InChI is InChI=1S/C22H27ClN4O3/c1-16(18-6-4-3-5-7-18)15-24-22(28)17(2)25-10-12-26(13-11-25)20-9-8-19(23)14-21(20)27(29)30/h3-9,14,16-17H,10-13,15H2,1-2H3,(H,24,28). The number of amides is 1. The van der Waals surface area contributed by atoms with Crippen molar-refractivity contribution < 1.29 is 9.72 Å². The lowest BCUT2D eigenvalue weighted by Gasteiger charge is -2.38. The minimum Gasteiger partial charge on any atom is -0.363 e. The lowest BCUT2D eigenvalue weighted by Crippen LogP contribution is -2.54. The monoisotopic (exact) mass is 430 g/mol. The first-order valence-electron chi connectivity index (χ1n) is 10.1. The van der Waals surface area contributed by atoms with E-state index in [9.17, 15) is 14.9 Å². The number of hydrogen-bond donors (Lipinski definition) is 1. The van der Waals surface area contributed by atoms with E-state index in [-0.39, 0.29) is 23.6 Å². The number of nitro benzene ring substituents is 1. The van der Waals surface area contributed by atoms with Crippen LogP contribution in [0.4, 0.5) is 11.4 Å². The number of nitro groups is 1. The Morgan fingerprint density at radius 2 is 1.80 bits per heavy atom. The van der Waals surface area contributed by atoms with Crippen LogP contribution in [-0.2, 0) is 4.79 Å². The van der Waals surface area contributed by atoms with Crippen LogP contribution in [0.5, 0.6) is 0 Å². The molecule has 0 bridgehead atoms. The molecule has 1 N–H and O–H groups in total. The van der Waals surface area contributed by atoms with Gasteiger partial charge >= 0.3 is 0 Å². The molecule has 1 saturated heterocycles. The molecule has 1 heterocycles. The number of carbonyl (C=O) groups excluding carboxylic acids is 1. The highest BCUT2D eigenvalue weighted by Gasteiger charge is 2.28. The van der Waals surface area contributed by atoms with Crippen LogP contribution in [0, 0.1) is 10.1 Å². The van der Waals surface area contributed by atoms with E-state index < -0.39 is 4.92 Å². The van der Waals surface area contributed by atoms with Gasteiger partial charge in [0.25, 0.3) is 5.69 Å². The molecule has 0 saturated carbocycles. The summed E-state index contributed by atoms with van der Waals surface area (Å²) in [5, 5.41) is 14.8. The van der Waals surface area contributed by atoms with Crippen molar-refractivity contribution in [3.63, 3.8) is 0 Å². The summed E-state index contributed by atoms with van der Waals surface area (Å²) >= 11 is 5.91. The van der Waals surface area contributed by atoms with Gasteiger partial charge in [0.05, 0.1) is 11.0 Å². The Kier molecular flexibility index (Phi) is 7.29. The molecule has 1 fully saturated rings. The summed E-state index contributed by atoms with van der Waals surface area (Å²) in [7, 11) is 0. The normalized spacial score (nSPS) is 16.7. The second kappa shape index (κ2) is 9.91. The van der Waals surface area contributed by atoms with Crippen molar-refractivity contribution in [1.82, 2.24) is 10.2 Å². The van der Waals surface area contributed by atoms with Gasteiger partial charge in [0, 0.05) is 43.8 Å². The number of carbonyl (C=O) groups is 1. The maximum Gasteiger partial charge on any atom is 0.294 e. The molecule has 8 heteroatoms. The largest absolute Gasteiger partial charge is 0.363 e. The third-order valence-electron chi connectivity index (χ3n) is 5.67. The van der Waals surface area contributed by atoms with Crippen molar-refractivity contribution in [1.29, 1.82) is 0 Å². The van der Waals surface area contributed by atoms with Crippen molar-refractivity contribution in [2.24, 2.45) is 0 Å². The fourth-order valence-corrected chi connectivity index (χ4v) is 3.89. The zero-order valence-corrected chi connectivity index (χ0v) is 18.0. The number of piperazine rings is 1. The van der Waals surface area contributed by atoms with Crippen LogP contribution in [0.1, 0.15) is 25.3 Å². The number of benzene rings is 2. The number of anilines is 1. The average molecular weight is 431 g/mol. The lowest BCUT2D eigenvalue weighted by atomic mass is 10.0. The summed E-state index contributed by atoms with van der Waals surface area (Å²) in [6, 6.07) is 14.6. The molecular formula is C22H27ClN4O3. The van der Waals surface area contributed by atoms with E-state index in [1.165, 1.54) is 11.6 Å². The van der Waals surface area contributed by atoms with Crippen molar-refractivity contribution in [3.8, 4) is 0 Å². The van der Waals surface area contributed by atoms with Crippen molar-refractivity contribution in [3.05, 3.63) is 69.2 Å². The van der Waals surface area contributed by atoms with Gasteiger partial charge in [0.15, 0.2) is 0 Å². The van der Waals surface area contributed by atoms with Crippen LogP contribution in [0.3, 0.4) is 0 Å². The van der Waals surface area contributed by atoms with Crippen LogP contribution < -0.4 is 10.2 Å². The van der Waals surface area contributed by atoms with E-state index in [1.54, 1.807) is 12.1 Å². The number of nitrogens with zero attached hydrogens (tertiary/aromatic N) is 3. The minimum atomic E-state index is -0.405. The number of nitrogens with one attached hydrogen (secondary N) is 1. The molecule has 1 amide bonds. The van der Waals surface area contributed by atoms with Gasteiger partial charge in [-0.3, -0.25) is 19.8 Å². The second-order valence-corrected chi connectivity index (χ2v) is 8.08. The van der Waals surface area contributed by atoms with Gasteiger partial charge in [-0.25, -0.2) is 0 Å². The van der Waals surface area contributed by atoms with Crippen LogP contribution in [-0.4, -0.2) is 54.5 Å². The molecule has 1 aliphatic rings. The third kappa shape index (κ3) is 5.29. The molecule has 0 aromatic heterocycles. The predicted octanol–water partition coefficient (Wildman–Crippen LogP) is 3.68. The minimum absolute atomic E-state index is 0.00343. The number of rotatable bonds is 7. The molecule has 1 aliphatic heterocycles. The summed E-state index contributed by atoms with van der Waals surface area (Å²) < 4.78 is 0. The molecule has 7 nitrogen and oxygen atoms in total. The van der Waals surface area contributed by atoms with Crippen molar-refractivity contribution in [2.75, 3.05) is 37.6 Å². The average Bonchev–Trinajstić information content (AvgIpc) is 2.77. The first kappa shape index (κ1) is 22.1. The van der Waals surface area contributed by atoms with E-state index in [1.807, 2.05) is 30.0 Å². The predicted molar refractivity (Wildman–Crippen MR) is 119 cm³/mol. The van der Waals surface area contributed by atoms with Crippen LogP contribution in [0.2, 0.25) is 5.02 Å². The van der Waals surface area contributed by atoms with E-state index >= 15 is 0 Å². The molecule has 2 aromatic carbocycles. The zero-order chi connectivity index (χ0) is 21.7. The van der Waals surface area contributed by atoms with Crippen LogP contribution >= 0.6 is 11.6 Å². The Balaban J connectivity index is 1.53. The molecule has 2 aromatic rings. The maximum atomic E-state index is 12.6. The first-order valence-corrected chi connectivity index (χ1v) is 10.5. The Labute approximate surface area is 181 Å². The summed E-state index contributed by atoms with van der Waals surface area (Å²) in [6.07, 6.45) is 0.